The molecule has 0 aromatic heterocycles. The van der Waals surface area contributed by atoms with Crippen molar-refractivity contribution in [1.82, 2.24) is 4.90 Å². The monoisotopic (exact) mass is 327 g/mol. The van der Waals surface area contributed by atoms with Crippen LogP contribution in [0.1, 0.15) is 22.0 Å². The molecule has 1 amide bonds. The molecular weight excluding hydrogens is 310 g/mol. The number of carbonyl (C=O) groups excluding carboxylic acids is 1. The third-order valence-electron chi connectivity index (χ3n) is 3.92. The number of carboxylic acid groups (broad SMARTS) is 1. The highest BCUT2D eigenvalue weighted by atomic mass is 16.7. The molecule has 2 aromatic carbocycles. The van der Waals surface area contributed by atoms with Crippen molar-refractivity contribution in [3.8, 4) is 0 Å². The minimum atomic E-state index is -1.20. The maximum absolute atomic E-state index is 12.9. The summed E-state index contributed by atoms with van der Waals surface area (Å²) in [7, 11) is 1.38. The Morgan fingerprint density at radius 3 is 2.17 bits per heavy atom. The Labute approximate surface area is 139 Å². The van der Waals surface area contributed by atoms with Gasteiger partial charge in [-0.15, -0.1) is 0 Å². The van der Waals surface area contributed by atoms with Gasteiger partial charge in [-0.1, -0.05) is 48.5 Å². The Hall–Kier alpha value is -2.70. The molecule has 1 N–H and O–H groups in total. The SMILES string of the molecule is COC1O[C@@H](C(=O)O)[C@H](c2ccccc2)N1C(=O)c1ccccc1. The molecule has 1 fully saturated rings. The molecule has 3 atom stereocenters. The van der Waals surface area contributed by atoms with Crippen LogP contribution in [0.4, 0.5) is 0 Å². The van der Waals surface area contributed by atoms with Crippen molar-refractivity contribution in [3.63, 3.8) is 0 Å². The van der Waals surface area contributed by atoms with Gasteiger partial charge in [-0.3, -0.25) is 9.69 Å². The topological polar surface area (TPSA) is 76.1 Å². The predicted molar refractivity (Wildman–Crippen MR) is 85.1 cm³/mol. The van der Waals surface area contributed by atoms with Crippen LogP contribution in [0.15, 0.2) is 60.7 Å². The number of methoxy groups -OCH3 is 1. The van der Waals surface area contributed by atoms with Gasteiger partial charge < -0.3 is 14.6 Å². The fourth-order valence-electron chi connectivity index (χ4n) is 2.84. The van der Waals surface area contributed by atoms with E-state index in [1.54, 1.807) is 54.6 Å². The summed E-state index contributed by atoms with van der Waals surface area (Å²) in [4.78, 5) is 25.9. The fourth-order valence-corrected chi connectivity index (χ4v) is 2.84. The summed E-state index contributed by atoms with van der Waals surface area (Å²) in [5, 5.41) is 9.51. The summed E-state index contributed by atoms with van der Waals surface area (Å²) in [5.41, 5.74) is 1.11. The standard InChI is InChI=1S/C18H17NO5/c1-23-18-19(16(20)13-10-6-3-7-11-13)14(15(24-18)17(21)22)12-8-4-2-5-9-12/h2-11,14-15,18H,1H3,(H,21,22)/t14-,15+,18?/m0/s1. The highest BCUT2D eigenvalue weighted by Gasteiger charge is 2.49. The van der Waals surface area contributed by atoms with Gasteiger partial charge in [0.15, 0.2) is 6.10 Å². The molecule has 1 aliphatic rings. The van der Waals surface area contributed by atoms with E-state index in [0.29, 0.717) is 11.1 Å². The molecule has 0 aliphatic carbocycles. The number of aliphatic carboxylic acids is 1. The van der Waals surface area contributed by atoms with Gasteiger partial charge in [-0.2, -0.15) is 0 Å². The van der Waals surface area contributed by atoms with Gasteiger partial charge in [0.2, 0.25) is 6.41 Å². The zero-order valence-electron chi connectivity index (χ0n) is 13.0. The number of hydrogen-bond acceptors (Lipinski definition) is 4. The first-order valence-corrected chi connectivity index (χ1v) is 7.47. The minimum absolute atomic E-state index is 0.347. The average Bonchev–Trinajstić information content (AvgIpc) is 3.02. The summed E-state index contributed by atoms with van der Waals surface area (Å²) in [6.07, 6.45) is -2.27. The maximum atomic E-state index is 12.9. The molecule has 0 bridgehead atoms. The first kappa shape index (κ1) is 16.2. The van der Waals surface area contributed by atoms with Crippen LogP contribution in [0, 0.1) is 0 Å². The van der Waals surface area contributed by atoms with Crippen LogP contribution in [-0.2, 0) is 14.3 Å². The number of carboxylic acids is 1. The lowest BCUT2D eigenvalue weighted by Gasteiger charge is -2.28. The first-order chi connectivity index (χ1) is 11.6. The number of ether oxygens (including phenoxy) is 2. The summed E-state index contributed by atoms with van der Waals surface area (Å²) in [6.45, 7) is 0. The van der Waals surface area contributed by atoms with Crippen LogP contribution in [0.3, 0.4) is 0 Å². The van der Waals surface area contributed by atoms with Crippen molar-refractivity contribution in [1.29, 1.82) is 0 Å². The molecule has 1 unspecified atom stereocenters. The van der Waals surface area contributed by atoms with Crippen LogP contribution in [0.25, 0.3) is 0 Å². The summed E-state index contributed by atoms with van der Waals surface area (Å²) < 4.78 is 10.7. The van der Waals surface area contributed by atoms with Gasteiger partial charge in [0.05, 0.1) is 6.04 Å². The summed E-state index contributed by atoms with van der Waals surface area (Å²) in [5.74, 6) is -1.49. The molecule has 0 spiro atoms. The smallest absolute Gasteiger partial charge is 0.335 e. The Kier molecular flexibility index (Phi) is 4.59. The minimum Gasteiger partial charge on any atom is -0.479 e. The third kappa shape index (κ3) is 2.89. The number of rotatable bonds is 4. The molecule has 2 aromatic rings. The van der Waals surface area contributed by atoms with Crippen molar-refractivity contribution >= 4 is 11.9 Å². The number of nitrogens with zero attached hydrogens (tertiary/aromatic N) is 1. The quantitative estimate of drug-likeness (QED) is 0.932. The molecule has 24 heavy (non-hydrogen) atoms. The van der Waals surface area contributed by atoms with E-state index in [2.05, 4.69) is 0 Å². The van der Waals surface area contributed by atoms with Crippen molar-refractivity contribution in [2.75, 3.05) is 7.11 Å². The van der Waals surface area contributed by atoms with Crippen LogP contribution in [-0.4, -0.2) is 41.5 Å². The highest BCUT2D eigenvalue weighted by Crippen LogP contribution is 2.37. The van der Waals surface area contributed by atoms with Gasteiger partial charge in [-0.25, -0.2) is 4.79 Å². The van der Waals surface area contributed by atoms with E-state index in [4.69, 9.17) is 9.47 Å². The van der Waals surface area contributed by atoms with Crippen molar-refractivity contribution in [3.05, 3.63) is 71.8 Å². The van der Waals surface area contributed by atoms with Gasteiger partial charge in [0.1, 0.15) is 0 Å². The van der Waals surface area contributed by atoms with Crippen LogP contribution in [0.5, 0.6) is 0 Å². The summed E-state index contributed by atoms with van der Waals surface area (Å²) >= 11 is 0. The Balaban J connectivity index is 2.05. The van der Waals surface area contributed by atoms with Gasteiger partial charge >= 0.3 is 5.97 Å². The van der Waals surface area contributed by atoms with Crippen LogP contribution in [0.2, 0.25) is 0 Å². The van der Waals surface area contributed by atoms with Crippen LogP contribution >= 0.6 is 0 Å². The fraction of sp³-hybridized carbons (Fsp3) is 0.222. The molecule has 0 saturated carbocycles. The van der Waals surface area contributed by atoms with E-state index in [9.17, 15) is 14.7 Å². The van der Waals surface area contributed by atoms with E-state index in [-0.39, 0.29) is 5.91 Å². The van der Waals surface area contributed by atoms with Crippen molar-refractivity contribution in [2.24, 2.45) is 0 Å². The van der Waals surface area contributed by atoms with E-state index in [1.807, 2.05) is 6.07 Å². The van der Waals surface area contributed by atoms with Gasteiger partial charge in [0, 0.05) is 12.7 Å². The van der Waals surface area contributed by atoms with Crippen molar-refractivity contribution < 1.29 is 24.2 Å². The second-order valence-corrected chi connectivity index (χ2v) is 5.37. The average molecular weight is 327 g/mol. The molecule has 6 heteroatoms. The second kappa shape index (κ2) is 6.82. The lowest BCUT2D eigenvalue weighted by molar-refractivity contribution is -0.177. The predicted octanol–water partition coefficient (Wildman–Crippen LogP) is 2.28. The molecule has 3 rings (SSSR count). The Morgan fingerprint density at radius 2 is 1.62 bits per heavy atom. The summed E-state index contributed by atoms with van der Waals surface area (Å²) in [6, 6.07) is 16.8. The zero-order chi connectivity index (χ0) is 17.1. The number of hydrogen-bond donors (Lipinski definition) is 1. The maximum Gasteiger partial charge on any atom is 0.335 e. The van der Waals surface area contributed by atoms with E-state index in [1.165, 1.54) is 12.0 Å². The van der Waals surface area contributed by atoms with Crippen LogP contribution < -0.4 is 0 Å². The highest BCUT2D eigenvalue weighted by molar-refractivity contribution is 5.95. The first-order valence-electron chi connectivity index (χ1n) is 7.47. The molecule has 1 aliphatic heterocycles. The van der Waals surface area contributed by atoms with Crippen molar-refractivity contribution in [2.45, 2.75) is 18.6 Å². The number of carbonyl (C=O) groups is 2. The van der Waals surface area contributed by atoms with E-state index in [0.717, 1.165) is 0 Å². The molecule has 1 heterocycles. The molecule has 1 saturated heterocycles. The molecule has 124 valence electrons. The zero-order valence-corrected chi connectivity index (χ0v) is 13.0. The lowest BCUT2D eigenvalue weighted by atomic mass is 10.00. The third-order valence-corrected chi connectivity index (χ3v) is 3.92. The Bertz CT molecular complexity index is 719. The molecule has 0 radical (unpaired) electrons. The molecule has 6 nitrogen and oxygen atoms in total. The molecular formula is C18H17NO5. The Morgan fingerprint density at radius 1 is 1.04 bits per heavy atom. The van der Waals surface area contributed by atoms with Gasteiger partial charge in [-0.05, 0) is 17.7 Å². The van der Waals surface area contributed by atoms with E-state index < -0.39 is 24.5 Å². The lowest BCUT2D eigenvalue weighted by Crippen LogP contribution is -2.40. The second-order valence-electron chi connectivity index (χ2n) is 5.37. The number of benzene rings is 2. The normalized spacial score (nSPS) is 23.2. The largest absolute Gasteiger partial charge is 0.479 e. The van der Waals surface area contributed by atoms with E-state index >= 15 is 0 Å². The number of amides is 1. The van der Waals surface area contributed by atoms with Gasteiger partial charge in [0.25, 0.3) is 5.91 Å².